The summed E-state index contributed by atoms with van der Waals surface area (Å²) in [4.78, 5) is 11.7. The van der Waals surface area contributed by atoms with Crippen molar-refractivity contribution < 1.29 is 4.79 Å². The summed E-state index contributed by atoms with van der Waals surface area (Å²) in [6.45, 7) is 6.34. The van der Waals surface area contributed by atoms with Gasteiger partial charge in [0.05, 0.1) is 12.2 Å². The first-order valence-corrected chi connectivity index (χ1v) is 6.52. The molecule has 0 aliphatic rings. The second kappa shape index (κ2) is 7.09. The summed E-state index contributed by atoms with van der Waals surface area (Å²) < 4.78 is 1.87. The first-order valence-electron chi connectivity index (χ1n) is 6.52. The lowest BCUT2D eigenvalue weighted by molar-refractivity contribution is -0.116. The molecule has 0 radical (unpaired) electrons. The van der Waals surface area contributed by atoms with Gasteiger partial charge in [-0.1, -0.05) is 26.7 Å². The maximum Gasteiger partial charge on any atom is 0.225 e. The summed E-state index contributed by atoms with van der Waals surface area (Å²) in [6, 6.07) is 2.17. The highest BCUT2D eigenvalue weighted by atomic mass is 16.1. The Hall–Kier alpha value is -1.32. The smallest absolute Gasteiger partial charge is 0.225 e. The second-order valence-electron chi connectivity index (χ2n) is 4.42. The highest BCUT2D eigenvalue weighted by Crippen LogP contribution is 2.16. The Bertz CT molecular complexity index is 346. The Kier molecular flexibility index (Phi) is 5.73. The molecule has 96 valence electrons. The number of nitrogens with zero attached hydrogens (tertiary/aromatic N) is 2. The van der Waals surface area contributed by atoms with Crippen LogP contribution in [0.1, 0.15) is 58.9 Å². The van der Waals surface area contributed by atoms with E-state index in [4.69, 9.17) is 0 Å². The first-order chi connectivity index (χ1) is 8.19. The fraction of sp³-hybridized carbons (Fsp3) is 0.692. The molecular formula is C13H23N3O. The van der Waals surface area contributed by atoms with Crippen molar-refractivity contribution in [2.45, 2.75) is 58.9 Å². The van der Waals surface area contributed by atoms with E-state index in [1.165, 1.54) is 0 Å². The number of hydrogen-bond donors (Lipinski definition) is 1. The van der Waals surface area contributed by atoms with Gasteiger partial charge in [0.25, 0.3) is 0 Å². The lowest BCUT2D eigenvalue weighted by Crippen LogP contribution is -2.17. The van der Waals surface area contributed by atoms with Gasteiger partial charge in [0.1, 0.15) is 5.82 Å². The predicted octanol–water partition coefficient (Wildman–Crippen LogP) is 3.37. The SMILES string of the molecule is CCCCCC(=O)Nc1ccnn1C(C)CC. The van der Waals surface area contributed by atoms with E-state index in [9.17, 15) is 4.79 Å². The summed E-state index contributed by atoms with van der Waals surface area (Å²) in [6.07, 6.45) is 6.53. The number of carbonyl (C=O) groups excluding carboxylic acids is 1. The Labute approximate surface area is 103 Å². The Morgan fingerprint density at radius 2 is 2.24 bits per heavy atom. The number of carbonyl (C=O) groups is 1. The van der Waals surface area contributed by atoms with Gasteiger partial charge in [-0.15, -0.1) is 0 Å². The lowest BCUT2D eigenvalue weighted by atomic mass is 10.2. The molecule has 0 bridgehead atoms. The highest BCUT2D eigenvalue weighted by molar-refractivity contribution is 5.89. The molecule has 1 aromatic heterocycles. The van der Waals surface area contributed by atoms with Crippen LogP contribution in [0.3, 0.4) is 0 Å². The molecule has 1 rings (SSSR count). The zero-order chi connectivity index (χ0) is 12.7. The number of aromatic nitrogens is 2. The molecule has 1 heterocycles. The van der Waals surface area contributed by atoms with Crippen molar-refractivity contribution in [2.75, 3.05) is 5.32 Å². The van der Waals surface area contributed by atoms with E-state index >= 15 is 0 Å². The van der Waals surface area contributed by atoms with E-state index in [1.54, 1.807) is 6.20 Å². The molecule has 4 heteroatoms. The number of rotatable bonds is 7. The number of unbranched alkanes of at least 4 members (excludes halogenated alkanes) is 2. The Morgan fingerprint density at radius 3 is 2.88 bits per heavy atom. The third-order valence-electron chi connectivity index (χ3n) is 2.95. The number of hydrogen-bond acceptors (Lipinski definition) is 2. The molecule has 4 nitrogen and oxygen atoms in total. The van der Waals surface area contributed by atoms with Gasteiger partial charge in [0.2, 0.25) is 5.91 Å². The molecular weight excluding hydrogens is 214 g/mol. The van der Waals surface area contributed by atoms with Crippen molar-refractivity contribution >= 4 is 11.7 Å². The molecule has 0 aromatic carbocycles. The molecule has 0 saturated carbocycles. The van der Waals surface area contributed by atoms with E-state index < -0.39 is 0 Å². The molecule has 1 N–H and O–H groups in total. The van der Waals surface area contributed by atoms with Gasteiger partial charge in [-0.3, -0.25) is 4.79 Å². The minimum Gasteiger partial charge on any atom is -0.311 e. The van der Waals surface area contributed by atoms with Crippen molar-refractivity contribution in [3.63, 3.8) is 0 Å². The normalized spacial score (nSPS) is 12.4. The number of nitrogens with one attached hydrogen (secondary N) is 1. The fourth-order valence-corrected chi connectivity index (χ4v) is 1.68. The van der Waals surface area contributed by atoms with Crippen LogP contribution in [0.4, 0.5) is 5.82 Å². The van der Waals surface area contributed by atoms with Crippen LogP contribution < -0.4 is 5.32 Å². The molecule has 1 aromatic rings. The standard InChI is InChI=1S/C13H23N3O/c1-4-6-7-8-13(17)15-12-9-10-14-16(12)11(3)5-2/h9-11H,4-8H2,1-3H3,(H,15,17). The summed E-state index contributed by atoms with van der Waals surface area (Å²) in [7, 11) is 0. The zero-order valence-electron chi connectivity index (χ0n) is 11.1. The van der Waals surface area contributed by atoms with E-state index in [0.29, 0.717) is 12.5 Å². The summed E-state index contributed by atoms with van der Waals surface area (Å²) >= 11 is 0. The summed E-state index contributed by atoms with van der Waals surface area (Å²) in [5.74, 6) is 0.893. The van der Waals surface area contributed by atoms with Crippen LogP contribution in [0.15, 0.2) is 12.3 Å². The predicted molar refractivity (Wildman–Crippen MR) is 70.0 cm³/mol. The third kappa shape index (κ3) is 4.21. The van der Waals surface area contributed by atoms with Gasteiger partial charge < -0.3 is 5.32 Å². The molecule has 0 spiro atoms. The average Bonchev–Trinajstić information content (AvgIpc) is 2.76. The monoisotopic (exact) mass is 237 g/mol. The van der Waals surface area contributed by atoms with Crippen LogP contribution in [0.2, 0.25) is 0 Å². The van der Waals surface area contributed by atoms with Gasteiger partial charge in [0.15, 0.2) is 0 Å². The number of anilines is 1. The van der Waals surface area contributed by atoms with E-state index in [-0.39, 0.29) is 5.91 Å². The molecule has 1 atom stereocenters. The third-order valence-corrected chi connectivity index (χ3v) is 2.95. The van der Waals surface area contributed by atoms with Gasteiger partial charge in [-0.2, -0.15) is 5.10 Å². The molecule has 0 fully saturated rings. The van der Waals surface area contributed by atoms with E-state index in [0.717, 1.165) is 31.5 Å². The van der Waals surface area contributed by atoms with Crippen molar-refractivity contribution in [1.82, 2.24) is 9.78 Å². The molecule has 1 unspecified atom stereocenters. The topological polar surface area (TPSA) is 46.9 Å². The van der Waals surface area contributed by atoms with Gasteiger partial charge >= 0.3 is 0 Å². The van der Waals surface area contributed by atoms with E-state index in [1.807, 2.05) is 10.7 Å². The molecule has 1 amide bonds. The minimum absolute atomic E-state index is 0.0866. The van der Waals surface area contributed by atoms with Crippen LogP contribution in [0.25, 0.3) is 0 Å². The van der Waals surface area contributed by atoms with Crippen LogP contribution in [-0.4, -0.2) is 15.7 Å². The molecule has 0 saturated heterocycles. The molecule has 17 heavy (non-hydrogen) atoms. The number of amides is 1. The van der Waals surface area contributed by atoms with Crippen LogP contribution in [0, 0.1) is 0 Å². The van der Waals surface area contributed by atoms with Crippen molar-refractivity contribution in [1.29, 1.82) is 0 Å². The van der Waals surface area contributed by atoms with Crippen LogP contribution in [0.5, 0.6) is 0 Å². The second-order valence-corrected chi connectivity index (χ2v) is 4.42. The Balaban J connectivity index is 2.50. The maximum absolute atomic E-state index is 11.7. The first kappa shape index (κ1) is 13.7. The van der Waals surface area contributed by atoms with Crippen molar-refractivity contribution in [3.05, 3.63) is 12.3 Å². The quantitative estimate of drug-likeness (QED) is 0.739. The van der Waals surface area contributed by atoms with E-state index in [2.05, 4.69) is 31.2 Å². The highest BCUT2D eigenvalue weighted by Gasteiger charge is 2.10. The van der Waals surface area contributed by atoms with Crippen LogP contribution in [-0.2, 0) is 4.79 Å². The summed E-state index contributed by atoms with van der Waals surface area (Å²) in [5.41, 5.74) is 0. The minimum atomic E-state index is 0.0866. The molecule has 0 aliphatic heterocycles. The van der Waals surface area contributed by atoms with Crippen molar-refractivity contribution in [3.8, 4) is 0 Å². The van der Waals surface area contributed by atoms with Crippen LogP contribution >= 0.6 is 0 Å². The van der Waals surface area contributed by atoms with Gasteiger partial charge in [-0.25, -0.2) is 4.68 Å². The molecule has 0 aliphatic carbocycles. The summed E-state index contributed by atoms with van der Waals surface area (Å²) in [5, 5.41) is 7.16. The largest absolute Gasteiger partial charge is 0.311 e. The zero-order valence-corrected chi connectivity index (χ0v) is 11.1. The maximum atomic E-state index is 11.7. The average molecular weight is 237 g/mol. The lowest BCUT2D eigenvalue weighted by Gasteiger charge is -2.14. The van der Waals surface area contributed by atoms with Gasteiger partial charge in [-0.05, 0) is 19.8 Å². The van der Waals surface area contributed by atoms with Crippen molar-refractivity contribution in [2.24, 2.45) is 0 Å². The fourth-order valence-electron chi connectivity index (χ4n) is 1.68. The Morgan fingerprint density at radius 1 is 1.47 bits per heavy atom. The van der Waals surface area contributed by atoms with Gasteiger partial charge in [0, 0.05) is 12.5 Å².